The van der Waals surface area contributed by atoms with E-state index in [1.165, 1.54) is 12.4 Å². The molecule has 0 radical (unpaired) electrons. The third-order valence-corrected chi connectivity index (χ3v) is 11.6. The Bertz CT molecular complexity index is 1910. The number of sulfone groups is 1. The maximum absolute atomic E-state index is 14.5. The van der Waals surface area contributed by atoms with Crippen molar-refractivity contribution < 1.29 is 57.5 Å². The fraction of sp³-hybridized carbons (Fsp3) is 0.314. The lowest BCUT2D eigenvalue weighted by atomic mass is 9.79. The van der Waals surface area contributed by atoms with E-state index in [0.29, 0.717) is 29.8 Å². The Morgan fingerprint density at radius 1 is 0.824 bits per heavy atom. The first-order valence-corrected chi connectivity index (χ1v) is 16.9. The summed E-state index contributed by atoms with van der Waals surface area (Å²) in [7, 11) is -4.50. The average molecular weight is 745 g/mol. The number of alkyl halides is 6. The summed E-state index contributed by atoms with van der Waals surface area (Å²) in [4.78, 5) is 16.3. The van der Waals surface area contributed by atoms with Crippen LogP contribution < -0.4 is 5.32 Å². The molecule has 1 aliphatic carbocycles. The first kappa shape index (κ1) is 37.8. The number of aromatic nitrogens is 1. The van der Waals surface area contributed by atoms with Crippen LogP contribution in [0.4, 0.5) is 39.5 Å². The van der Waals surface area contributed by atoms with E-state index in [1.807, 2.05) is 0 Å². The Morgan fingerprint density at radius 2 is 1.41 bits per heavy atom. The highest BCUT2D eigenvalue weighted by atomic mass is 32.2. The van der Waals surface area contributed by atoms with Gasteiger partial charge >= 0.3 is 12.4 Å². The van der Waals surface area contributed by atoms with Gasteiger partial charge in [0, 0.05) is 29.6 Å². The van der Waals surface area contributed by atoms with Crippen molar-refractivity contribution in [2.45, 2.75) is 72.3 Å². The molecule has 16 heteroatoms. The van der Waals surface area contributed by atoms with E-state index in [0.717, 1.165) is 42.5 Å². The van der Waals surface area contributed by atoms with Crippen LogP contribution in [0.5, 0.6) is 0 Å². The van der Waals surface area contributed by atoms with Crippen molar-refractivity contribution in [3.05, 3.63) is 131 Å². The fourth-order valence-corrected chi connectivity index (χ4v) is 8.51. The lowest BCUT2D eigenvalue weighted by Gasteiger charge is -2.41. The molecule has 5 rings (SSSR count). The largest absolute Gasteiger partial charge is 0.430 e. The third kappa shape index (κ3) is 7.34. The molecule has 1 amide bonds. The van der Waals surface area contributed by atoms with Crippen molar-refractivity contribution in [3.63, 3.8) is 0 Å². The molecule has 1 N–H and O–H groups in total. The molecule has 272 valence electrons. The molecular weight excluding hydrogens is 715 g/mol. The van der Waals surface area contributed by atoms with Gasteiger partial charge in [-0.2, -0.15) is 26.3 Å². The molecule has 3 aromatic carbocycles. The summed E-state index contributed by atoms with van der Waals surface area (Å²) >= 11 is 0. The van der Waals surface area contributed by atoms with Crippen LogP contribution in [0.15, 0.2) is 96.2 Å². The van der Waals surface area contributed by atoms with E-state index >= 15 is 0 Å². The number of halogens is 9. The van der Waals surface area contributed by atoms with E-state index in [9.17, 15) is 52.7 Å². The van der Waals surface area contributed by atoms with E-state index < -0.39 is 73.8 Å². The van der Waals surface area contributed by atoms with Crippen LogP contribution in [-0.2, 0) is 42.7 Å². The number of hydrogen-bond acceptors (Lipinski definition) is 5. The predicted molar refractivity (Wildman–Crippen MR) is 165 cm³/mol. The molecule has 4 aromatic rings. The van der Waals surface area contributed by atoms with Crippen LogP contribution in [0.1, 0.15) is 47.9 Å². The van der Waals surface area contributed by atoms with Gasteiger partial charge in [-0.05, 0) is 79.3 Å². The Morgan fingerprint density at radius 3 is 1.94 bits per heavy atom. The zero-order valence-corrected chi connectivity index (χ0v) is 27.2. The number of nitrogens with one attached hydrogen (secondary N) is 1. The summed E-state index contributed by atoms with van der Waals surface area (Å²) in [6.45, 7) is -1.75. The number of benzene rings is 3. The minimum Gasteiger partial charge on any atom is -0.353 e. The summed E-state index contributed by atoms with van der Waals surface area (Å²) in [6.07, 6.45) is -9.76. The second-order valence-electron chi connectivity index (χ2n) is 12.1. The van der Waals surface area contributed by atoms with Crippen molar-refractivity contribution in [2.75, 3.05) is 0 Å². The zero-order valence-electron chi connectivity index (χ0n) is 26.4. The van der Waals surface area contributed by atoms with E-state index in [1.54, 1.807) is 12.1 Å². The monoisotopic (exact) mass is 744 g/mol. The van der Waals surface area contributed by atoms with Crippen LogP contribution in [0.25, 0.3) is 0 Å². The van der Waals surface area contributed by atoms with Gasteiger partial charge in [0.1, 0.15) is 22.2 Å². The van der Waals surface area contributed by atoms with Crippen LogP contribution in [0.2, 0.25) is 0 Å². The summed E-state index contributed by atoms with van der Waals surface area (Å²) < 4.78 is 160. The van der Waals surface area contributed by atoms with E-state index in [4.69, 9.17) is 0 Å². The Labute approximate surface area is 286 Å². The molecule has 0 aliphatic heterocycles. The topological polar surface area (TPSA) is 85.4 Å². The van der Waals surface area contributed by atoms with Gasteiger partial charge in [0.2, 0.25) is 5.91 Å². The van der Waals surface area contributed by atoms with Gasteiger partial charge in [-0.3, -0.25) is 9.78 Å². The molecule has 1 fully saturated rings. The molecule has 1 aliphatic rings. The van der Waals surface area contributed by atoms with Gasteiger partial charge < -0.3 is 10.1 Å². The Kier molecular flexibility index (Phi) is 10.6. The highest BCUT2D eigenvalue weighted by Gasteiger charge is 2.73. The Hall–Kier alpha value is -4.44. The van der Waals surface area contributed by atoms with E-state index in [-0.39, 0.29) is 48.5 Å². The van der Waals surface area contributed by atoms with Gasteiger partial charge in [0.25, 0.3) is 5.60 Å². The van der Waals surface area contributed by atoms with Crippen molar-refractivity contribution in [1.82, 2.24) is 10.3 Å². The molecule has 0 atom stereocenters. The Balaban J connectivity index is 1.52. The van der Waals surface area contributed by atoms with Crippen LogP contribution in [0.3, 0.4) is 0 Å². The number of carbonyl (C=O) groups excluding carboxylic acids is 1. The number of rotatable bonds is 10. The SMILES string of the molecule is O=C(Cc1cccnc1)NC1CCC(c2ccc(C(OCc3c(F)cccc3F)(C(F)(F)F)C(F)(F)F)cc2)(S(=O)(=O)c2ccc(F)cc2)CC1. The first-order valence-electron chi connectivity index (χ1n) is 15.4. The number of amides is 1. The molecule has 0 unspecified atom stereocenters. The van der Waals surface area contributed by atoms with Gasteiger partial charge in [-0.15, -0.1) is 0 Å². The lowest BCUT2D eigenvalue weighted by molar-refractivity contribution is -0.392. The lowest BCUT2D eigenvalue weighted by Crippen LogP contribution is -2.56. The molecule has 0 bridgehead atoms. The summed E-state index contributed by atoms with van der Waals surface area (Å²) in [5.41, 5.74) is -7.31. The third-order valence-electron chi connectivity index (χ3n) is 8.99. The number of pyridine rings is 1. The minimum absolute atomic E-state index is 0.0173. The molecule has 51 heavy (non-hydrogen) atoms. The number of nitrogens with zero attached hydrogens (tertiary/aromatic N) is 1. The van der Waals surface area contributed by atoms with E-state index in [2.05, 4.69) is 15.0 Å². The summed E-state index contributed by atoms with van der Waals surface area (Å²) in [5, 5.41) is 2.82. The van der Waals surface area contributed by atoms with Crippen molar-refractivity contribution >= 4 is 15.7 Å². The average Bonchev–Trinajstić information content (AvgIpc) is 3.06. The maximum atomic E-state index is 14.5. The van der Waals surface area contributed by atoms with Crippen LogP contribution >= 0.6 is 0 Å². The van der Waals surface area contributed by atoms with Crippen LogP contribution in [0, 0.1) is 17.5 Å². The molecule has 0 spiro atoms. The second-order valence-corrected chi connectivity index (χ2v) is 14.3. The molecule has 1 aromatic heterocycles. The standard InChI is InChI=1S/C35H29F9N2O4S/c36-25-10-12-27(13-11-25)51(48,49)32(16-14-26(15-17-32)46-31(47)19-22-3-2-18-45-20-22)23-6-8-24(9-7-23)33(34(39,40)41,35(42,43)44)50-21-28-29(37)4-1-5-30(28)38/h1-13,18,20,26H,14-17,19,21H2,(H,46,47). The summed E-state index contributed by atoms with van der Waals surface area (Å²) in [6, 6.07) is 11.2. The fourth-order valence-electron chi connectivity index (χ4n) is 6.34. The molecule has 1 saturated carbocycles. The van der Waals surface area contributed by atoms with Crippen molar-refractivity contribution in [1.29, 1.82) is 0 Å². The van der Waals surface area contributed by atoms with Gasteiger partial charge in [0.15, 0.2) is 9.84 Å². The number of carbonyl (C=O) groups is 1. The quantitative estimate of drug-likeness (QED) is 0.132. The predicted octanol–water partition coefficient (Wildman–Crippen LogP) is 8.01. The molecule has 1 heterocycles. The first-order chi connectivity index (χ1) is 23.9. The maximum Gasteiger partial charge on any atom is 0.430 e. The minimum atomic E-state index is -6.21. The second kappa shape index (κ2) is 14.3. The summed E-state index contributed by atoms with van der Waals surface area (Å²) in [5.74, 6) is -3.99. The van der Waals surface area contributed by atoms with Crippen molar-refractivity contribution in [3.8, 4) is 0 Å². The normalized spacial score (nSPS) is 18.7. The molecule has 0 saturated heterocycles. The highest BCUT2D eigenvalue weighted by Crippen LogP contribution is 2.54. The molecule has 6 nitrogen and oxygen atoms in total. The molecular formula is C35H29F9N2O4S. The van der Waals surface area contributed by atoms with Crippen LogP contribution in [-0.4, -0.2) is 37.7 Å². The number of hydrogen-bond donors (Lipinski definition) is 1. The number of ether oxygens (including phenoxy) is 1. The van der Waals surface area contributed by atoms with Gasteiger partial charge in [-0.1, -0.05) is 36.4 Å². The van der Waals surface area contributed by atoms with Gasteiger partial charge in [-0.25, -0.2) is 21.6 Å². The van der Waals surface area contributed by atoms with Crippen molar-refractivity contribution in [2.24, 2.45) is 0 Å². The highest BCUT2D eigenvalue weighted by molar-refractivity contribution is 7.92. The zero-order chi connectivity index (χ0) is 37.2. The smallest absolute Gasteiger partial charge is 0.353 e. The van der Waals surface area contributed by atoms with Gasteiger partial charge in [0.05, 0.1) is 17.9 Å².